The standard InChI is InChI=1S/C13H28N4O2/c1-7-14-11(17-10(2)3)15-8-9-16-12(18)19-13(4,5)6/h10H,7-9H2,1-6H3,(H,16,18)(H2,14,15,17). The first kappa shape index (κ1) is 17.5. The number of amides is 1. The van der Waals surface area contributed by atoms with Crippen LogP contribution in [0.1, 0.15) is 41.5 Å². The maximum atomic E-state index is 11.4. The molecule has 0 aliphatic carbocycles. The summed E-state index contributed by atoms with van der Waals surface area (Å²) >= 11 is 0. The van der Waals surface area contributed by atoms with Gasteiger partial charge in [-0.1, -0.05) is 0 Å². The van der Waals surface area contributed by atoms with Crippen molar-refractivity contribution in [2.45, 2.75) is 53.2 Å². The average Bonchev–Trinajstić information content (AvgIpc) is 2.21. The van der Waals surface area contributed by atoms with Crippen molar-refractivity contribution in [2.24, 2.45) is 4.99 Å². The van der Waals surface area contributed by atoms with Crippen LogP contribution in [0.2, 0.25) is 0 Å². The lowest BCUT2D eigenvalue weighted by Gasteiger charge is -2.19. The van der Waals surface area contributed by atoms with Crippen LogP contribution in [0.15, 0.2) is 4.99 Å². The minimum Gasteiger partial charge on any atom is -0.444 e. The Labute approximate surface area is 116 Å². The first-order chi connectivity index (χ1) is 8.74. The highest BCUT2D eigenvalue weighted by Gasteiger charge is 2.15. The first-order valence-corrected chi connectivity index (χ1v) is 6.76. The van der Waals surface area contributed by atoms with Crippen molar-refractivity contribution in [2.75, 3.05) is 19.6 Å². The molecule has 0 spiro atoms. The molecule has 3 N–H and O–H groups in total. The highest BCUT2D eigenvalue weighted by molar-refractivity contribution is 5.80. The van der Waals surface area contributed by atoms with Gasteiger partial charge in [0.15, 0.2) is 5.96 Å². The van der Waals surface area contributed by atoms with Crippen LogP contribution in [0.5, 0.6) is 0 Å². The summed E-state index contributed by atoms with van der Waals surface area (Å²) in [6.45, 7) is 13.4. The zero-order valence-corrected chi connectivity index (χ0v) is 13.0. The first-order valence-electron chi connectivity index (χ1n) is 6.76. The number of rotatable bonds is 5. The zero-order valence-electron chi connectivity index (χ0n) is 13.0. The summed E-state index contributed by atoms with van der Waals surface area (Å²) in [5.74, 6) is 0.753. The molecule has 0 unspecified atom stereocenters. The van der Waals surface area contributed by atoms with E-state index in [-0.39, 0.29) is 0 Å². The molecular formula is C13H28N4O2. The second kappa shape index (κ2) is 8.61. The molecule has 0 heterocycles. The van der Waals surface area contributed by atoms with Gasteiger partial charge in [0.1, 0.15) is 5.60 Å². The monoisotopic (exact) mass is 272 g/mol. The zero-order chi connectivity index (χ0) is 14.9. The second-order valence-electron chi connectivity index (χ2n) is 5.49. The third kappa shape index (κ3) is 11.4. The fourth-order valence-electron chi connectivity index (χ4n) is 1.23. The van der Waals surface area contributed by atoms with Crippen molar-refractivity contribution in [1.82, 2.24) is 16.0 Å². The van der Waals surface area contributed by atoms with Crippen LogP contribution < -0.4 is 16.0 Å². The minimum atomic E-state index is -0.471. The van der Waals surface area contributed by atoms with E-state index in [1.54, 1.807) is 0 Å². The summed E-state index contributed by atoms with van der Waals surface area (Å²) in [5, 5.41) is 9.00. The Morgan fingerprint density at radius 2 is 1.89 bits per heavy atom. The van der Waals surface area contributed by atoms with Gasteiger partial charge in [0.05, 0.1) is 6.54 Å². The van der Waals surface area contributed by atoms with E-state index in [0.29, 0.717) is 19.1 Å². The molecule has 0 atom stereocenters. The average molecular weight is 272 g/mol. The Morgan fingerprint density at radius 1 is 1.26 bits per heavy atom. The maximum Gasteiger partial charge on any atom is 0.407 e. The molecule has 0 aliphatic rings. The van der Waals surface area contributed by atoms with Gasteiger partial charge in [0.25, 0.3) is 0 Å². The molecule has 1 amide bonds. The van der Waals surface area contributed by atoms with Crippen molar-refractivity contribution < 1.29 is 9.53 Å². The normalized spacial score (nSPS) is 12.3. The number of aliphatic imine (C=N–C) groups is 1. The lowest BCUT2D eigenvalue weighted by Crippen LogP contribution is -2.41. The van der Waals surface area contributed by atoms with Crippen molar-refractivity contribution in [3.05, 3.63) is 0 Å². The van der Waals surface area contributed by atoms with Gasteiger partial charge < -0.3 is 20.7 Å². The van der Waals surface area contributed by atoms with Crippen LogP contribution in [-0.4, -0.2) is 43.3 Å². The van der Waals surface area contributed by atoms with E-state index in [9.17, 15) is 4.79 Å². The predicted octanol–water partition coefficient (Wildman–Crippen LogP) is 1.47. The van der Waals surface area contributed by atoms with Gasteiger partial charge in [0.2, 0.25) is 0 Å². The molecule has 0 saturated heterocycles. The SMILES string of the molecule is CCNC(=NCCNC(=O)OC(C)(C)C)NC(C)C. The molecule has 0 aromatic heterocycles. The summed E-state index contributed by atoms with van der Waals surface area (Å²) in [7, 11) is 0. The summed E-state index contributed by atoms with van der Waals surface area (Å²) in [6, 6.07) is 0.316. The summed E-state index contributed by atoms with van der Waals surface area (Å²) < 4.78 is 5.13. The smallest absolute Gasteiger partial charge is 0.407 e. The van der Waals surface area contributed by atoms with E-state index < -0.39 is 11.7 Å². The van der Waals surface area contributed by atoms with Crippen LogP contribution in [-0.2, 0) is 4.74 Å². The van der Waals surface area contributed by atoms with Crippen LogP contribution in [0.25, 0.3) is 0 Å². The van der Waals surface area contributed by atoms with E-state index in [4.69, 9.17) is 4.74 Å². The lowest BCUT2D eigenvalue weighted by atomic mass is 10.2. The molecule has 0 saturated carbocycles. The molecule has 6 nitrogen and oxygen atoms in total. The quantitative estimate of drug-likeness (QED) is 0.402. The number of hydrogen-bond donors (Lipinski definition) is 3. The van der Waals surface area contributed by atoms with E-state index >= 15 is 0 Å². The van der Waals surface area contributed by atoms with Gasteiger partial charge in [-0.25, -0.2) is 4.79 Å². The number of carbonyl (C=O) groups excluding carboxylic acids is 1. The highest BCUT2D eigenvalue weighted by Crippen LogP contribution is 2.05. The topological polar surface area (TPSA) is 74.8 Å². The number of ether oxygens (including phenoxy) is 1. The summed E-state index contributed by atoms with van der Waals surface area (Å²) in [5.41, 5.74) is -0.471. The molecule has 0 aromatic carbocycles. The summed E-state index contributed by atoms with van der Waals surface area (Å²) in [4.78, 5) is 15.7. The lowest BCUT2D eigenvalue weighted by molar-refractivity contribution is 0.0529. The Balaban J connectivity index is 4.00. The Morgan fingerprint density at radius 3 is 2.37 bits per heavy atom. The molecule has 0 bridgehead atoms. The van der Waals surface area contributed by atoms with Crippen LogP contribution >= 0.6 is 0 Å². The molecular weight excluding hydrogens is 244 g/mol. The number of guanidine groups is 1. The fourth-order valence-corrected chi connectivity index (χ4v) is 1.23. The fraction of sp³-hybridized carbons (Fsp3) is 0.846. The molecule has 0 aliphatic heterocycles. The van der Waals surface area contributed by atoms with Gasteiger partial charge in [-0.3, -0.25) is 4.99 Å². The summed E-state index contributed by atoms with van der Waals surface area (Å²) in [6.07, 6.45) is -0.412. The maximum absolute atomic E-state index is 11.4. The van der Waals surface area contributed by atoms with Crippen molar-refractivity contribution in [3.63, 3.8) is 0 Å². The Kier molecular flexibility index (Phi) is 7.95. The predicted molar refractivity (Wildman–Crippen MR) is 78.5 cm³/mol. The van der Waals surface area contributed by atoms with Gasteiger partial charge in [-0.05, 0) is 41.5 Å². The molecule has 0 aromatic rings. The van der Waals surface area contributed by atoms with Crippen LogP contribution in [0.4, 0.5) is 4.79 Å². The number of carbonyl (C=O) groups is 1. The number of nitrogens with zero attached hydrogens (tertiary/aromatic N) is 1. The molecule has 0 radical (unpaired) electrons. The molecule has 6 heteroatoms. The third-order valence-corrected chi connectivity index (χ3v) is 1.82. The minimum absolute atomic E-state index is 0.316. The third-order valence-electron chi connectivity index (χ3n) is 1.82. The van der Waals surface area contributed by atoms with Crippen molar-refractivity contribution in [1.29, 1.82) is 0 Å². The van der Waals surface area contributed by atoms with Gasteiger partial charge >= 0.3 is 6.09 Å². The van der Waals surface area contributed by atoms with Crippen LogP contribution in [0, 0.1) is 0 Å². The van der Waals surface area contributed by atoms with Gasteiger partial charge in [0, 0.05) is 19.1 Å². The number of nitrogens with one attached hydrogen (secondary N) is 3. The number of alkyl carbamates (subject to hydrolysis) is 1. The molecule has 0 rings (SSSR count). The largest absolute Gasteiger partial charge is 0.444 e. The van der Waals surface area contributed by atoms with E-state index in [1.807, 2.05) is 41.5 Å². The Bertz CT molecular complexity index is 296. The van der Waals surface area contributed by atoms with Crippen molar-refractivity contribution >= 4 is 12.1 Å². The van der Waals surface area contributed by atoms with Crippen LogP contribution in [0.3, 0.4) is 0 Å². The molecule has 0 fully saturated rings. The molecule has 112 valence electrons. The Hall–Kier alpha value is -1.46. The number of hydrogen-bond acceptors (Lipinski definition) is 3. The highest BCUT2D eigenvalue weighted by atomic mass is 16.6. The van der Waals surface area contributed by atoms with Crippen molar-refractivity contribution in [3.8, 4) is 0 Å². The second-order valence-corrected chi connectivity index (χ2v) is 5.49. The van der Waals surface area contributed by atoms with E-state index in [2.05, 4.69) is 20.9 Å². The van der Waals surface area contributed by atoms with Gasteiger partial charge in [-0.15, -0.1) is 0 Å². The molecule has 19 heavy (non-hydrogen) atoms. The van der Waals surface area contributed by atoms with E-state index in [1.165, 1.54) is 0 Å². The van der Waals surface area contributed by atoms with E-state index in [0.717, 1.165) is 12.5 Å². The van der Waals surface area contributed by atoms with Gasteiger partial charge in [-0.2, -0.15) is 0 Å².